The minimum absolute atomic E-state index is 0.354. The molecule has 2 rings (SSSR count). The van der Waals surface area contributed by atoms with Crippen LogP contribution in [0.3, 0.4) is 0 Å². The van der Waals surface area contributed by atoms with E-state index in [2.05, 4.69) is 4.90 Å². The van der Waals surface area contributed by atoms with Gasteiger partial charge in [-0.1, -0.05) is 0 Å². The van der Waals surface area contributed by atoms with Gasteiger partial charge in [0, 0.05) is 25.7 Å². The van der Waals surface area contributed by atoms with Crippen molar-refractivity contribution in [1.29, 1.82) is 0 Å². The van der Waals surface area contributed by atoms with Crippen LogP contribution in [0.5, 0.6) is 0 Å². The van der Waals surface area contributed by atoms with Gasteiger partial charge in [0.25, 0.3) is 0 Å². The summed E-state index contributed by atoms with van der Waals surface area (Å²) < 4.78 is 27.0. The van der Waals surface area contributed by atoms with E-state index in [9.17, 15) is 8.42 Å². The van der Waals surface area contributed by atoms with E-state index in [0.29, 0.717) is 19.1 Å². The Balaban J connectivity index is 1.84. The number of primary sulfonamides is 1. The molecular formula is C7H14N2O3S. The summed E-state index contributed by atoms with van der Waals surface area (Å²) in [6, 6.07) is 0.415. The summed E-state index contributed by atoms with van der Waals surface area (Å²) in [5.41, 5.74) is 0. The minimum atomic E-state index is -3.31. The van der Waals surface area contributed by atoms with Crippen LogP contribution in [0.15, 0.2) is 0 Å². The maximum absolute atomic E-state index is 10.9. The van der Waals surface area contributed by atoms with Crippen molar-refractivity contribution >= 4 is 10.0 Å². The third kappa shape index (κ3) is 1.85. The van der Waals surface area contributed by atoms with E-state index in [0.717, 1.165) is 19.6 Å². The van der Waals surface area contributed by atoms with Crippen LogP contribution in [0.1, 0.15) is 6.42 Å². The summed E-state index contributed by atoms with van der Waals surface area (Å²) in [4.78, 5) is 2.13. The van der Waals surface area contributed by atoms with Gasteiger partial charge in [0.05, 0.1) is 6.61 Å². The first-order valence-corrected chi connectivity index (χ1v) is 6.02. The van der Waals surface area contributed by atoms with E-state index >= 15 is 0 Å². The SMILES string of the molecule is NS(=O)(=O)C1CN(C2CCOC2)C1. The highest BCUT2D eigenvalue weighted by Crippen LogP contribution is 2.21. The first-order valence-electron chi connectivity index (χ1n) is 4.41. The van der Waals surface area contributed by atoms with E-state index < -0.39 is 10.0 Å². The quantitative estimate of drug-likeness (QED) is 0.612. The van der Waals surface area contributed by atoms with E-state index in [-0.39, 0.29) is 5.25 Å². The molecule has 6 heteroatoms. The summed E-state index contributed by atoms with van der Waals surface area (Å²) in [5.74, 6) is 0. The zero-order chi connectivity index (χ0) is 9.47. The van der Waals surface area contributed by atoms with Gasteiger partial charge in [0.2, 0.25) is 10.0 Å². The van der Waals surface area contributed by atoms with Crippen molar-refractivity contribution in [2.45, 2.75) is 17.7 Å². The Bertz CT molecular complexity index is 278. The van der Waals surface area contributed by atoms with Gasteiger partial charge < -0.3 is 4.74 Å². The lowest BCUT2D eigenvalue weighted by Gasteiger charge is -2.41. The lowest BCUT2D eigenvalue weighted by Crippen LogP contribution is -2.60. The topological polar surface area (TPSA) is 72.6 Å². The zero-order valence-electron chi connectivity index (χ0n) is 7.35. The average molecular weight is 206 g/mol. The van der Waals surface area contributed by atoms with E-state index in [1.807, 2.05) is 0 Å². The Morgan fingerprint density at radius 3 is 2.54 bits per heavy atom. The van der Waals surface area contributed by atoms with Crippen molar-refractivity contribution in [3.8, 4) is 0 Å². The first-order chi connectivity index (χ1) is 6.07. The fraction of sp³-hybridized carbons (Fsp3) is 1.00. The zero-order valence-corrected chi connectivity index (χ0v) is 8.16. The van der Waals surface area contributed by atoms with Crippen molar-refractivity contribution in [3.05, 3.63) is 0 Å². The first kappa shape index (κ1) is 9.39. The van der Waals surface area contributed by atoms with Crippen LogP contribution < -0.4 is 5.14 Å². The number of hydrogen-bond acceptors (Lipinski definition) is 4. The van der Waals surface area contributed by atoms with Gasteiger partial charge in [0.15, 0.2) is 0 Å². The van der Waals surface area contributed by atoms with Gasteiger partial charge in [0.1, 0.15) is 5.25 Å². The second kappa shape index (κ2) is 3.20. The van der Waals surface area contributed by atoms with Crippen LogP contribution in [-0.4, -0.2) is 50.9 Å². The molecule has 1 unspecified atom stereocenters. The summed E-state index contributed by atoms with van der Waals surface area (Å²) in [6.45, 7) is 2.68. The molecule has 0 amide bonds. The van der Waals surface area contributed by atoms with Crippen molar-refractivity contribution in [3.63, 3.8) is 0 Å². The third-order valence-electron chi connectivity index (χ3n) is 2.76. The highest BCUT2D eigenvalue weighted by Gasteiger charge is 2.39. The predicted octanol–water partition coefficient (Wildman–Crippen LogP) is -1.25. The fourth-order valence-corrected chi connectivity index (χ4v) is 2.58. The van der Waals surface area contributed by atoms with Crippen molar-refractivity contribution in [2.75, 3.05) is 26.3 Å². The lowest BCUT2D eigenvalue weighted by molar-refractivity contribution is 0.100. The van der Waals surface area contributed by atoms with Crippen LogP contribution >= 0.6 is 0 Å². The number of likely N-dealkylation sites (tertiary alicyclic amines) is 1. The maximum atomic E-state index is 10.9. The Labute approximate surface area is 77.9 Å². The molecule has 0 aromatic carbocycles. The standard InChI is InChI=1S/C7H14N2O3S/c8-13(10,11)7-3-9(4-7)6-1-2-12-5-6/h6-7H,1-5H2,(H2,8,10,11). The fourth-order valence-electron chi connectivity index (χ4n) is 1.79. The normalized spacial score (nSPS) is 31.9. The molecule has 2 saturated heterocycles. The Morgan fingerprint density at radius 2 is 2.08 bits per heavy atom. The maximum Gasteiger partial charge on any atom is 0.214 e. The molecule has 2 aliphatic heterocycles. The van der Waals surface area contributed by atoms with Crippen LogP contribution in [0.25, 0.3) is 0 Å². The summed E-state index contributed by atoms with van der Waals surface area (Å²) in [6.07, 6.45) is 1.01. The molecule has 0 radical (unpaired) electrons. The molecule has 1 atom stereocenters. The molecule has 2 fully saturated rings. The van der Waals surface area contributed by atoms with E-state index in [1.54, 1.807) is 0 Å². The molecule has 5 nitrogen and oxygen atoms in total. The van der Waals surface area contributed by atoms with Gasteiger partial charge in [-0.3, -0.25) is 4.90 Å². The van der Waals surface area contributed by atoms with Gasteiger partial charge in [-0.05, 0) is 6.42 Å². The van der Waals surface area contributed by atoms with E-state index in [1.165, 1.54) is 0 Å². The molecule has 2 N–H and O–H groups in total. The Kier molecular flexibility index (Phi) is 2.31. The second-order valence-electron chi connectivity index (χ2n) is 3.68. The molecule has 0 bridgehead atoms. The van der Waals surface area contributed by atoms with E-state index in [4.69, 9.17) is 9.88 Å². The predicted molar refractivity (Wildman–Crippen MR) is 47.7 cm³/mol. The molecule has 0 aromatic heterocycles. The minimum Gasteiger partial charge on any atom is -0.380 e. The molecule has 76 valence electrons. The Hall–Kier alpha value is -0.170. The number of hydrogen-bond donors (Lipinski definition) is 1. The number of rotatable bonds is 2. The average Bonchev–Trinajstić information content (AvgIpc) is 2.31. The molecule has 0 aromatic rings. The number of ether oxygens (including phenoxy) is 1. The smallest absolute Gasteiger partial charge is 0.214 e. The number of nitrogens with two attached hydrogens (primary N) is 1. The molecular weight excluding hydrogens is 192 g/mol. The van der Waals surface area contributed by atoms with Crippen molar-refractivity contribution < 1.29 is 13.2 Å². The van der Waals surface area contributed by atoms with Gasteiger partial charge in [-0.25, -0.2) is 13.6 Å². The van der Waals surface area contributed by atoms with Gasteiger partial charge in [-0.15, -0.1) is 0 Å². The number of sulfonamides is 1. The molecule has 2 aliphatic rings. The highest BCUT2D eigenvalue weighted by atomic mass is 32.2. The molecule has 0 aliphatic carbocycles. The van der Waals surface area contributed by atoms with Gasteiger partial charge in [-0.2, -0.15) is 0 Å². The number of nitrogens with zero attached hydrogens (tertiary/aromatic N) is 1. The lowest BCUT2D eigenvalue weighted by atomic mass is 10.1. The molecule has 0 spiro atoms. The molecule has 2 heterocycles. The third-order valence-corrected chi connectivity index (χ3v) is 3.99. The van der Waals surface area contributed by atoms with Gasteiger partial charge >= 0.3 is 0 Å². The highest BCUT2D eigenvalue weighted by molar-refractivity contribution is 7.89. The monoisotopic (exact) mass is 206 g/mol. The van der Waals surface area contributed by atoms with Crippen LogP contribution in [-0.2, 0) is 14.8 Å². The van der Waals surface area contributed by atoms with Crippen molar-refractivity contribution in [1.82, 2.24) is 4.90 Å². The van der Waals surface area contributed by atoms with Crippen LogP contribution in [0.2, 0.25) is 0 Å². The van der Waals surface area contributed by atoms with Crippen molar-refractivity contribution in [2.24, 2.45) is 5.14 Å². The largest absolute Gasteiger partial charge is 0.380 e. The summed E-state index contributed by atoms with van der Waals surface area (Å²) >= 11 is 0. The molecule has 13 heavy (non-hydrogen) atoms. The Morgan fingerprint density at radius 1 is 1.38 bits per heavy atom. The second-order valence-corrected chi connectivity index (χ2v) is 5.53. The van der Waals surface area contributed by atoms with Crippen LogP contribution in [0.4, 0.5) is 0 Å². The molecule has 0 saturated carbocycles. The van der Waals surface area contributed by atoms with Crippen LogP contribution in [0, 0.1) is 0 Å². The summed E-state index contributed by atoms with van der Waals surface area (Å²) in [5, 5.41) is 4.66. The summed E-state index contributed by atoms with van der Waals surface area (Å²) in [7, 11) is -3.31.